The number of nitrogens with zero attached hydrogens (tertiary/aromatic N) is 2. The summed E-state index contributed by atoms with van der Waals surface area (Å²) in [4.78, 5) is 29.8. The van der Waals surface area contributed by atoms with Gasteiger partial charge in [0, 0.05) is 32.3 Å². The summed E-state index contributed by atoms with van der Waals surface area (Å²) in [6.45, 7) is 2.23. The third kappa shape index (κ3) is 3.16. The van der Waals surface area contributed by atoms with Crippen LogP contribution in [0.1, 0.15) is 36.0 Å². The highest BCUT2D eigenvalue weighted by Crippen LogP contribution is 2.39. The van der Waals surface area contributed by atoms with Gasteiger partial charge < -0.3 is 19.3 Å². The average Bonchev–Trinajstić information content (AvgIpc) is 3.07. The number of benzene rings is 1. The van der Waals surface area contributed by atoms with Crippen molar-refractivity contribution in [1.29, 1.82) is 0 Å². The number of likely N-dealkylation sites (tertiary alicyclic amines) is 2. The fourth-order valence-electron chi connectivity index (χ4n) is 4.09. The van der Waals surface area contributed by atoms with Gasteiger partial charge in [-0.15, -0.1) is 0 Å². The molecule has 0 saturated carbocycles. The maximum absolute atomic E-state index is 13.7. The molecule has 0 radical (unpaired) electrons. The van der Waals surface area contributed by atoms with Crippen LogP contribution in [0.2, 0.25) is 0 Å². The van der Waals surface area contributed by atoms with Crippen LogP contribution in [0.4, 0.5) is 4.39 Å². The van der Waals surface area contributed by atoms with E-state index in [2.05, 4.69) is 0 Å². The van der Waals surface area contributed by atoms with Crippen molar-refractivity contribution in [3.63, 3.8) is 0 Å². The highest BCUT2D eigenvalue weighted by Gasteiger charge is 2.52. The van der Waals surface area contributed by atoms with E-state index in [4.69, 9.17) is 9.47 Å². The van der Waals surface area contributed by atoms with Crippen LogP contribution >= 0.6 is 0 Å². The first kappa shape index (κ1) is 18.6. The largest absolute Gasteiger partial charge is 0.494 e. The maximum Gasteiger partial charge on any atom is 0.254 e. The molecule has 1 unspecified atom stereocenters. The molecular formula is C19H25FN2O4. The molecule has 1 atom stereocenters. The number of carbonyl (C=O) groups excluding carboxylic acids is 2. The zero-order valence-corrected chi connectivity index (χ0v) is 15.3. The second kappa shape index (κ2) is 7.61. The van der Waals surface area contributed by atoms with Gasteiger partial charge in [-0.05, 0) is 43.9 Å². The molecule has 2 heterocycles. The SMILES string of the molecule is COCCN1CCCC2(CCCN2C(=O)c2ccc(F)c(OC)c2)C1=O. The summed E-state index contributed by atoms with van der Waals surface area (Å²) in [6.07, 6.45) is 2.97. The second-order valence-electron chi connectivity index (χ2n) is 6.83. The van der Waals surface area contributed by atoms with Gasteiger partial charge in [-0.2, -0.15) is 0 Å². The van der Waals surface area contributed by atoms with Gasteiger partial charge in [0.05, 0.1) is 13.7 Å². The Kier molecular flexibility index (Phi) is 5.46. The number of hydrogen-bond acceptors (Lipinski definition) is 4. The number of halogens is 1. The molecule has 0 aromatic heterocycles. The molecule has 3 rings (SSSR count). The molecule has 26 heavy (non-hydrogen) atoms. The Balaban J connectivity index is 1.87. The Morgan fingerprint density at radius 1 is 1.23 bits per heavy atom. The Hall–Kier alpha value is -2.15. The van der Waals surface area contributed by atoms with Gasteiger partial charge >= 0.3 is 0 Å². The minimum absolute atomic E-state index is 0.000673. The lowest BCUT2D eigenvalue weighted by Gasteiger charge is -2.44. The maximum atomic E-state index is 13.7. The van der Waals surface area contributed by atoms with Crippen LogP contribution < -0.4 is 4.74 Å². The Bertz CT molecular complexity index is 696. The molecule has 2 aliphatic rings. The molecule has 6 nitrogen and oxygen atoms in total. The van der Waals surface area contributed by atoms with Crippen LogP contribution in [0.3, 0.4) is 0 Å². The molecular weight excluding hydrogens is 339 g/mol. The number of piperidine rings is 1. The standard InChI is InChI=1S/C19H25FN2O4/c1-25-12-11-21-9-3-7-19(18(21)24)8-4-10-22(19)17(23)14-5-6-15(20)16(13-14)26-2/h5-6,13H,3-4,7-12H2,1-2H3. The molecule has 142 valence electrons. The molecule has 7 heteroatoms. The molecule has 2 saturated heterocycles. The van der Waals surface area contributed by atoms with E-state index < -0.39 is 11.4 Å². The molecule has 0 aliphatic carbocycles. The van der Waals surface area contributed by atoms with E-state index in [0.29, 0.717) is 44.6 Å². The van der Waals surface area contributed by atoms with E-state index in [0.717, 1.165) is 12.8 Å². The number of ether oxygens (including phenoxy) is 2. The van der Waals surface area contributed by atoms with Gasteiger partial charge in [0.15, 0.2) is 11.6 Å². The predicted octanol–water partition coefficient (Wildman–Crippen LogP) is 2.08. The number of rotatable bonds is 5. The van der Waals surface area contributed by atoms with Crippen LogP contribution in [0, 0.1) is 5.82 Å². The zero-order valence-electron chi connectivity index (χ0n) is 15.3. The quantitative estimate of drug-likeness (QED) is 0.803. The summed E-state index contributed by atoms with van der Waals surface area (Å²) >= 11 is 0. The van der Waals surface area contributed by atoms with E-state index in [-0.39, 0.29) is 17.6 Å². The summed E-state index contributed by atoms with van der Waals surface area (Å²) in [5.41, 5.74) is -0.448. The normalized spacial score (nSPS) is 23.0. The van der Waals surface area contributed by atoms with Gasteiger partial charge in [0.2, 0.25) is 5.91 Å². The Morgan fingerprint density at radius 3 is 2.65 bits per heavy atom. The van der Waals surface area contributed by atoms with Crippen molar-refractivity contribution in [3.05, 3.63) is 29.6 Å². The average molecular weight is 364 g/mol. The van der Waals surface area contributed by atoms with E-state index in [9.17, 15) is 14.0 Å². The molecule has 0 N–H and O–H groups in total. The summed E-state index contributed by atoms with van der Waals surface area (Å²) in [6, 6.07) is 4.07. The molecule has 0 bridgehead atoms. The highest BCUT2D eigenvalue weighted by atomic mass is 19.1. The summed E-state index contributed by atoms with van der Waals surface area (Å²) in [5, 5.41) is 0. The van der Waals surface area contributed by atoms with Crippen molar-refractivity contribution >= 4 is 11.8 Å². The fraction of sp³-hybridized carbons (Fsp3) is 0.579. The van der Waals surface area contributed by atoms with E-state index in [1.54, 1.807) is 16.9 Å². The smallest absolute Gasteiger partial charge is 0.254 e. The van der Waals surface area contributed by atoms with Gasteiger partial charge in [-0.3, -0.25) is 9.59 Å². The highest BCUT2D eigenvalue weighted by molar-refractivity contribution is 6.00. The van der Waals surface area contributed by atoms with Crippen LogP contribution in [0.5, 0.6) is 5.75 Å². The topological polar surface area (TPSA) is 59.1 Å². The van der Waals surface area contributed by atoms with Gasteiger partial charge in [-0.1, -0.05) is 0 Å². The number of carbonyl (C=O) groups is 2. The van der Waals surface area contributed by atoms with Gasteiger partial charge in [0.25, 0.3) is 5.91 Å². The third-order valence-electron chi connectivity index (χ3n) is 5.40. The molecule has 1 spiro atoms. The van der Waals surface area contributed by atoms with Crippen molar-refractivity contribution in [3.8, 4) is 5.75 Å². The molecule has 2 fully saturated rings. The lowest BCUT2D eigenvalue weighted by Crippen LogP contribution is -2.61. The fourth-order valence-corrected chi connectivity index (χ4v) is 4.09. The molecule has 1 aromatic carbocycles. The lowest BCUT2D eigenvalue weighted by molar-refractivity contribution is -0.146. The molecule has 2 amide bonds. The summed E-state index contributed by atoms with van der Waals surface area (Å²) in [5.74, 6) is -0.732. The van der Waals surface area contributed by atoms with Crippen LogP contribution in [-0.4, -0.2) is 67.6 Å². The Labute approximate surface area is 152 Å². The van der Waals surface area contributed by atoms with Crippen LogP contribution in [-0.2, 0) is 9.53 Å². The lowest BCUT2D eigenvalue weighted by atomic mass is 9.85. The van der Waals surface area contributed by atoms with Crippen LogP contribution in [0.25, 0.3) is 0 Å². The predicted molar refractivity (Wildman–Crippen MR) is 93.6 cm³/mol. The van der Waals surface area contributed by atoms with Crippen molar-refractivity contribution in [2.24, 2.45) is 0 Å². The van der Waals surface area contributed by atoms with Crippen LogP contribution in [0.15, 0.2) is 18.2 Å². The second-order valence-corrected chi connectivity index (χ2v) is 6.83. The van der Waals surface area contributed by atoms with Crippen molar-refractivity contribution < 1.29 is 23.5 Å². The number of amides is 2. The van der Waals surface area contributed by atoms with E-state index in [1.807, 2.05) is 0 Å². The zero-order chi connectivity index (χ0) is 18.7. The summed E-state index contributed by atoms with van der Waals surface area (Å²) < 4.78 is 23.8. The first-order valence-electron chi connectivity index (χ1n) is 8.97. The van der Waals surface area contributed by atoms with Gasteiger partial charge in [-0.25, -0.2) is 4.39 Å². The van der Waals surface area contributed by atoms with Crippen molar-refractivity contribution in [2.45, 2.75) is 31.2 Å². The van der Waals surface area contributed by atoms with Crippen molar-refractivity contribution in [1.82, 2.24) is 9.80 Å². The monoisotopic (exact) mass is 364 g/mol. The molecule has 1 aromatic rings. The molecule has 2 aliphatic heterocycles. The Morgan fingerprint density at radius 2 is 1.96 bits per heavy atom. The number of hydrogen-bond donors (Lipinski definition) is 0. The summed E-state index contributed by atoms with van der Waals surface area (Å²) in [7, 11) is 2.97. The van der Waals surface area contributed by atoms with Crippen molar-refractivity contribution in [2.75, 3.05) is 40.5 Å². The number of methoxy groups -OCH3 is 2. The third-order valence-corrected chi connectivity index (χ3v) is 5.40. The van der Waals surface area contributed by atoms with Gasteiger partial charge in [0.1, 0.15) is 5.54 Å². The van der Waals surface area contributed by atoms with E-state index >= 15 is 0 Å². The minimum atomic E-state index is -0.787. The first-order valence-corrected chi connectivity index (χ1v) is 8.97. The van der Waals surface area contributed by atoms with E-state index in [1.165, 1.54) is 25.3 Å². The first-order chi connectivity index (χ1) is 12.5. The minimum Gasteiger partial charge on any atom is -0.494 e.